The Morgan fingerprint density at radius 3 is 2.42 bits per heavy atom. The summed E-state index contributed by atoms with van der Waals surface area (Å²) in [4.78, 5) is 13.6. The van der Waals surface area contributed by atoms with Crippen LogP contribution in [0.3, 0.4) is 0 Å². The van der Waals surface area contributed by atoms with Crippen LogP contribution in [0.5, 0.6) is 5.75 Å². The highest BCUT2D eigenvalue weighted by molar-refractivity contribution is 6.07. The van der Waals surface area contributed by atoms with Crippen LogP contribution in [0, 0.1) is 12.7 Å². The molecule has 0 unspecified atom stereocenters. The van der Waals surface area contributed by atoms with Gasteiger partial charge in [0.05, 0.1) is 5.56 Å². The second-order valence-electron chi connectivity index (χ2n) is 4.31. The van der Waals surface area contributed by atoms with Crippen molar-refractivity contribution < 1.29 is 14.3 Å². The van der Waals surface area contributed by atoms with E-state index in [2.05, 4.69) is 0 Å². The predicted molar refractivity (Wildman–Crippen MR) is 72.0 cm³/mol. The number of carbonyl (C=O) groups excluding carboxylic acids is 1. The molecule has 0 aliphatic carbocycles. The van der Waals surface area contributed by atoms with Crippen LogP contribution >= 0.6 is 0 Å². The summed E-state index contributed by atoms with van der Waals surface area (Å²) < 4.78 is 12.8. The average molecular weight is 259 g/mol. The normalized spacial score (nSPS) is 10.3. The van der Waals surface area contributed by atoms with E-state index < -0.39 is 0 Å². The smallest absolute Gasteiger partial charge is 0.261 e. The van der Waals surface area contributed by atoms with Gasteiger partial charge in [0.25, 0.3) is 5.91 Å². The van der Waals surface area contributed by atoms with Crippen LogP contribution in [0.2, 0.25) is 0 Å². The van der Waals surface area contributed by atoms with E-state index in [9.17, 15) is 14.3 Å². The van der Waals surface area contributed by atoms with E-state index in [-0.39, 0.29) is 23.0 Å². The van der Waals surface area contributed by atoms with Crippen molar-refractivity contribution in [1.29, 1.82) is 0 Å². The number of halogens is 1. The van der Waals surface area contributed by atoms with E-state index >= 15 is 0 Å². The van der Waals surface area contributed by atoms with E-state index in [1.165, 1.54) is 29.2 Å². The number of carbonyl (C=O) groups is 1. The van der Waals surface area contributed by atoms with Gasteiger partial charge in [0.15, 0.2) is 0 Å². The molecule has 0 fully saturated rings. The van der Waals surface area contributed by atoms with Crippen molar-refractivity contribution in [2.45, 2.75) is 6.92 Å². The zero-order valence-corrected chi connectivity index (χ0v) is 10.7. The van der Waals surface area contributed by atoms with Gasteiger partial charge in [-0.25, -0.2) is 4.39 Å². The summed E-state index contributed by atoms with van der Waals surface area (Å²) in [7, 11) is 1.58. The second-order valence-corrected chi connectivity index (χ2v) is 4.31. The van der Waals surface area contributed by atoms with E-state index in [1.807, 2.05) is 0 Å². The quantitative estimate of drug-likeness (QED) is 0.900. The van der Waals surface area contributed by atoms with Crippen molar-refractivity contribution in [1.82, 2.24) is 0 Å². The van der Waals surface area contributed by atoms with Gasteiger partial charge in [-0.15, -0.1) is 0 Å². The molecule has 0 aliphatic heterocycles. The number of phenolic OH excluding ortho intramolecular Hbond substituents is 1. The van der Waals surface area contributed by atoms with E-state index in [1.54, 1.807) is 32.2 Å². The number of benzene rings is 2. The molecule has 0 saturated carbocycles. The first-order valence-corrected chi connectivity index (χ1v) is 5.83. The zero-order chi connectivity index (χ0) is 14.0. The first-order chi connectivity index (χ1) is 9.00. The van der Waals surface area contributed by atoms with Crippen LogP contribution < -0.4 is 4.90 Å². The molecule has 4 heteroatoms. The third-order valence-electron chi connectivity index (χ3n) is 2.99. The summed E-state index contributed by atoms with van der Waals surface area (Å²) in [5.74, 6) is -0.725. The van der Waals surface area contributed by atoms with Crippen LogP contribution in [-0.4, -0.2) is 18.1 Å². The molecular formula is C15H14FNO2. The van der Waals surface area contributed by atoms with E-state index in [4.69, 9.17) is 0 Å². The standard InChI is InChI=1S/C15H14FNO2/c1-10-4-3-5-13(14(10)18)15(19)17(2)12-8-6-11(16)7-9-12/h3-9,18H,1-2H3. The Kier molecular flexibility index (Phi) is 3.51. The molecule has 1 amide bonds. The number of para-hydroxylation sites is 1. The van der Waals surface area contributed by atoms with Crippen LogP contribution in [0.4, 0.5) is 10.1 Å². The van der Waals surface area contributed by atoms with E-state index in [0.29, 0.717) is 11.3 Å². The van der Waals surface area contributed by atoms with Gasteiger partial charge >= 0.3 is 0 Å². The van der Waals surface area contributed by atoms with Gasteiger partial charge in [-0.3, -0.25) is 4.79 Å². The number of amides is 1. The minimum Gasteiger partial charge on any atom is -0.507 e. The predicted octanol–water partition coefficient (Wildman–Crippen LogP) is 3.12. The monoisotopic (exact) mass is 259 g/mol. The third-order valence-corrected chi connectivity index (χ3v) is 2.99. The Balaban J connectivity index is 2.33. The number of rotatable bonds is 2. The molecule has 0 aliphatic rings. The Bertz CT molecular complexity index is 608. The zero-order valence-electron chi connectivity index (χ0n) is 10.7. The van der Waals surface area contributed by atoms with Crippen molar-refractivity contribution in [3.63, 3.8) is 0 Å². The van der Waals surface area contributed by atoms with Gasteiger partial charge in [0, 0.05) is 12.7 Å². The molecule has 2 aromatic carbocycles. The van der Waals surface area contributed by atoms with E-state index in [0.717, 1.165) is 0 Å². The van der Waals surface area contributed by atoms with Crippen LogP contribution in [0.25, 0.3) is 0 Å². The first-order valence-electron chi connectivity index (χ1n) is 5.83. The van der Waals surface area contributed by atoms with Crippen LogP contribution in [0.1, 0.15) is 15.9 Å². The molecule has 2 aromatic rings. The third kappa shape index (κ3) is 2.57. The maximum Gasteiger partial charge on any atom is 0.261 e. The summed E-state index contributed by atoms with van der Waals surface area (Å²) in [5.41, 5.74) is 1.43. The summed E-state index contributed by atoms with van der Waals surface area (Å²) in [6.07, 6.45) is 0. The highest BCUT2D eigenvalue weighted by Crippen LogP contribution is 2.24. The minimum atomic E-state index is -0.358. The Labute approximate surface area is 110 Å². The number of aromatic hydroxyl groups is 1. The largest absolute Gasteiger partial charge is 0.507 e. The maximum absolute atomic E-state index is 12.8. The van der Waals surface area contributed by atoms with Crippen molar-refractivity contribution in [3.05, 3.63) is 59.4 Å². The number of hydrogen-bond donors (Lipinski definition) is 1. The lowest BCUT2D eigenvalue weighted by Gasteiger charge is -2.18. The molecule has 0 spiro atoms. The SMILES string of the molecule is Cc1cccc(C(=O)N(C)c2ccc(F)cc2)c1O. The lowest BCUT2D eigenvalue weighted by molar-refractivity contribution is 0.0990. The van der Waals surface area contributed by atoms with Gasteiger partial charge in [-0.2, -0.15) is 0 Å². The fourth-order valence-electron chi connectivity index (χ4n) is 1.79. The topological polar surface area (TPSA) is 40.5 Å². The lowest BCUT2D eigenvalue weighted by atomic mass is 10.1. The minimum absolute atomic E-state index is 0.0264. The van der Waals surface area contributed by atoms with Crippen molar-refractivity contribution >= 4 is 11.6 Å². The average Bonchev–Trinajstić information content (AvgIpc) is 2.41. The van der Waals surface area contributed by atoms with Crippen molar-refractivity contribution in [2.24, 2.45) is 0 Å². The van der Waals surface area contributed by atoms with Crippen molar-refractivity contribution in [2.75, 3.05) is 11.9 Å². The number of phenols is 1. The molecule has 1 N–H and O–H groups in total. The Morgan fingerprint density at radius 1 is 1.16 bits per heavy atom. The number of nitrogens with zero attached hydrogens (tertiary/aromatic N) is 1. The summed E-state index contributed by atoms with van der Waals surface area (Å²) in [6, 6.07) is 10.6. The highest BCUT2D eigenvalue weighted by Gasteiger charge is 2.17. The molecule has 0 radical (unpaired) electrons. The van der Waals surface area contributed by atoms with Gasteiger partial charge in [0.2, 0.25) is 0 Å². The molecule has 98 valence electrons. The van der Waals surface area contributed by atoms with Gasteiger partial charge in [0.1, 0.15) is 11.6 Å². The highest BCUT2D eigenvalue weighted by atomic mass is 19.1. The number of anilines is 1. The molecule has 2 rings (SSSR count). The number of aryl methyl sites for hydroxylation is 1. The molecule has 19 heavy (non-hydrogen) atoms. The molecular weight excluding hydrogens is 245 g/mol. The fraction of sp³-hybridized carbons (Fsp3) is 0.133. The second kappa shape index (κ2) is 5.10. The lowest BCUT2D eigenvalue weighted by Crippen LogP contribution is -2.26. The van der Waals surface area contributed by atoms with Gasteiger partial charge < -0.3 is 10.0 Å². The van der Waals surface area contributed by atoms with Crippen LogP contribution in [-0.2, 0) is 0 Å². The molecule has 0 heterocycles. The summed E-state index contributed by atoms with van der Waals surface area (Å²) in [6.45, 7) is 1.73. The summed E-state index contributed by atoms with van der Waals surface area (Å²) in [5, 5.41) is 9.90. The molecule has 0 aromatic heterocycles. The number of hydrogen-bond acceptors (Lipinski definition) is 2. The Hall–Kier alpha value is -2.36. The van der Waals surface area contributed by atoms with Gasteiger partial charge in [-0.1, -0.05) is 12.1 Å². The van der Waals surface area contributed by atoms with Crippen LogP contribution in [0.15, 0.2) is 42.5 Å². The molecule has 3 nitrogen and oxygen atoms in total. The molecule has 0 saturated heterocycles. The summed E-state index contributed by atoms with van der Waals surface area (Å²) >= 11 is 0. The molecule has 0 atom stereocenters. The van der Waals surface area contributed by atoms with Crippen molar-refractivity contribution in [3.8, 4) is 5.75 Å². The molecule has 0 bridgehead atoms. The maximum atomic E-state index is 12.8. The Morgan fingerprint density at radius 2 is 1.79 bits per heavy atom. The first kappa shape index (κ1) is 13.1. The van der Waals surface area contributed by atoms with Gasteiger partial charge in [-0.05, 0) is 42.8 Å². The fourth-order valence-corrected chi connectivity index (χ4v) is 1.79.